The van der Waals surface area contributed by atoms with Crippen molar-refractivity contribution in [1.29, 1.82) is 0 Å². The molecule has 0 saturated carbocycles. The Labute approximate surface area is 60.3 Å². The molecule has 0 saturated heterocycles. The molecular weight excluding hydrogens is 130 g/mol. The van der Waals surface area contributed by atoms with Crippen LogP contribution in [-0.4, -0.2) is 20.1 Å². The average molecular weight is 141 g/mol. The van der Waals surface area contributed by atoms with Gasteiger partial charge in [-0.15, -0.1) is 0 Å². The van der Waals surface area contributed by atoms with Crippen LogP contribution in [0.1, 0.15) is 0 Å². The fraction of sp³-hybridized carbons (Fsp3) is 0.429. The molecule has 1 N–H and O–H groups in total. The molecule has 0 unspecified atom stereocenters. The number of ether oxygens (including phenoxy) is 2. The van der Waals surface area contributed by atoms with E-state index in [4.69, 9.17) is 9.47 Å². The molecule has 1 rings (SSSR count). The van der Waals surface area contributed by atoms with Crippen molar-refractivity contribution in [1.82, 2.24) is 5.32 Å². The van der Waals surface area contributed by atoms with Gasteiger partial charge >= 0.3 is 0 Å². The highest BCUT2D eigenvalue weighted by Crippen LogP contribution is 2.11. The van der Waals surface area contributed by atoms with E-state index < -0.39 is 5.91 Å². The molecule has 0 amide bonds. The van der Waals surface area contributed by atoms with Crippen LogP contribution in [-0.2, 0) is 9.47 Å². The molecule has 0 fully saturated rings. The first-order chi connectivity index (χ1) is 4.83. The zero-order valence-corrected chi connectivity index (χ0v) is 6.13. The van der Waals surface area contributed by atoms with Crippen LogP contribution in [0.2, 0.25) is 0 Å². The van der Waals surface area contributed by atoms with Gasteiger partial charge in [-0.3, -0.25) is 0 Å². The number of hydrogen-bond acceptors (Lipinski definition) is 3. The number of rotatable bonds is 2. The van der Waals surface area contributed by atoms with Gasteiger partial charge in [0.1, 0.15) is 0 Å². The third-order valence-electron chi connectivity index (χ3n) is 1.41. The number of nitrogens with one attached hydrogen (secondary N) is 1. The normalized spacial score (nSPS) is 20.6. The third-order valence-corrected chi connectivity index (χ3v) is 1.41. The molecule has 0 aromatic heterocycles. The van der Waals surface area contributed by atoms with Crippen LogP contribution in [0.5, 0.6) is 0 Å². The van der Waals surface area contributed by atoms with Crippen molar-refractivity contribution in [2.45, 2.75) is 5.91 Å². The third kappa shape index (κ3) is 1.20. The van der Waals surface area contributed by atoms with Crippen molar-refractivity contribution in [2.24, 2.45) is 0 Å². The Morgan fingerprint density at radius 1 is 1.20 bits per heavy atom. The minimum absolute atomic E-state index is 0.755. The maximum absolute atomic E-state index is 5.06. The lowest BCUT2D eigenvalue weighted by Crippen LogP contribution is -2.44. The highest BCUT2D eigenvalue weighted by atomic mass is 16.7. The lowest BCUT2D eigenvalue weighted by atomic mass is 10.3. The molecule has 0 atom stereocenters. The zero-order chi connectivity index (χ0) is 7.45. The van der Waals surface area contributed by atoms with Crippen molar-refractivity contribution in [3.63, 3.8) is 0 Å². The molecule has 0 aromatic carbocycles. The first kappa shape index (κ1) is 7.31. The van der Waals surface area contributed by atoms with Gasteiger partial charge in [0.05, 0.1) is 0 Å². The second-order valence-electron chi connectivity index (χ2n) is 1.94. The summed E-state index contributed by atoms with van der Waals surface area (Å²) in [5.41, 5.74) is 0. The van der Waals surface area contributed by atoms with Crippen molar-refractivity contribution in [2.75, 3.05) is 14.2 Å². The molecule has 1 aliphatic heterocycles. The standard InChI is InChI=1S/C7H11NO2/c1-9-7(10-2)5-3-4-6-8-7/h3-6,8H,1-2H3. The van der Waals surface area contributed by atoms with Crippen LogP contribution in [0, 0.1) is 0 Å². The zero-order valence-electron chi connectivity index (χ0n) is 6.13. The van der Waals surface area contributed by atoms with Gasteiger partial charge in [0.15, 0.2) is 0 Å². The van der Waals surface area contributed by atoms with Gasteiger partial charge in [0, 0.05) is 20.4 Å². The molecule has 3 heteroatoms. The van der Waals surface area contributed by atoms with E-state index in [-0.39, 0.29) is 0 Å². The van der Waals surface area contributed by atoms with Crippen molar-refractivity contribution < 1.29 is 9.47 Å². The predicted molar refractivity (Wildman–Crippen MR) is 38.2 cm³/mol. The summed E-state index contributed by atoms with van der Waals surface area (Å²) >= 11 is 0. The SMILES string of the molecule is COC1(OC)C=CC=CN1. The summed E-state index contributed by atoms with van der Waals surface area (Å²) in [6, 6.07) is 0. The molecule has 0 aromatic rings. The molecule has 56 valence electrons. The average Bonchev–Trinajstić information content (AvgIpc) is 2.06. The van der Waals surface area contributed by atoms with Crippen LogP contribution in [0.3, 0.4) is 0 Å². The molecular formula is C7H11NO2. The van der Waals surface area contributed by atoms with E-state index in [0.717, 1.165) is 0 Å². The van der Waals surface area contributed by atoms with Crippen LogP contribution in [0.15, 0.2) is 24.4 Å². The van der Waals surface area contributed by atoms with Gasteiger partial charge in [0.25, 0.3) is 5.91 Å². The molecule has 3 nitrogen and oxygen atoms in total. The molecule has 1 heterocycles. The summed E-state index contributed by atoms with van der Waals surface area (Å²) in [7, 11) is 3.17. The van der Waals surface area contributed by atoms with E-state index in [1.54, 1.807) is 26.5 Å². The van der Waals surface area contributed by atoms with Crippen LogP contribution < -0.4 is 5.32 Å². The van der Waals surface area contributed by atoms with Gasteiger partial charge in [-0.05, 0) is 12.2 Å². The number of methoxy groups -OCH3 is 2. The van der Waals surface area contributed by atoms with Crippen molar-refractivity contribution in [3.05, 3.63) is 24.4 Å². The van der Waals surface area contributed by atoms with Crippen LogP contribution in [0.25, 0.3) is 0 Å². The van der Waals surface area contributed by atoms with Gasteiger partial charge in [-0.25, -0.2) is 0 Å². The van der Waals surface area contributed by atoms with Gasteiger partial charge in [-0.2, -0.15) is 0 Å². The van der Waals surface area contributed by atoms with Crippen molar-refractivity contribution >= 4 is 0 Å². The van der Waals surface area contributed by atoms with Crippen LogP contribution in [0.4, 0.5) is 0 Å². The smallest absolute Gasteiger partial charge is 0.269 e. The minimum atomic E-state index is -0.755. The highest BCUT2D eigenvalue weighted by molar-refractivity contribution is 5.12. The van der Waals surface area contributed by atoms with Gasteiger partial charge in [-0.1, -0.05) is 6.08 Å². The fourth-order valence-corrected chi connectivity index (χ4v) is 0.787. The highest BCUT2D eigenvalue weighted by Gasteiger charge is 2.24. The first-order valence-electron chi connectivity index (χ1n) is 3.05. The maximum Gasteiger partial charge on any atom is 0.269 e. The van der Waals surface area contributed by atoms with E-state index in [2.05, 4.69) is 5.32 Å². The van der Waals surface area contributed by atoms with E-state index in [0.29, 0.717) is 0 Å². The Morgan fingerprint density at radius 3 is 2.20 bits per heavy atom. The largest absolute Gasteiger partial charge is 0.338 e. The molecule has 0 bridgehead atoms. The molecule has 1 aliphatic rings. The van der Waals surface area contributed by atoms with Gasteiger partial charge < -0.3 is 14.8 Å². The monoisotopic (exact) mass is 141 g/mol. The summed E-state index contributed by atoms with van der Waals surface area (Å²) in [6.45, 7) is 0. The first-order valence-corrected chi connectivity index (χ1v) is 3.05. The Morgan fingerprint density at radius 2 is 1.90 bits per heavy atom. The summed E-state index contributed by atoms with van der Waals surface area (Å²) in [5, 5.41) is 2.92. The Hall–Kier alpha value is -0.800. The Bertz CT molecular complexity index is 159. The van der Waals surface area contributed by atoms with E-state index in [9.17, 15) is 0 Å². The lowest BCUT2D eigenvalue weighted by Gasteiger charge is -2.28. The summed E-state index contributed by atoms with van der Waals surface area (Å²) in [5.74, 6) is -0.755. The Kier molecular flexibility index (Phi) is 2.09. The maximum atomic E-state index is 5.06. The Balaban J connectivity index is 2.66. The topological polar surface area (TPSA) is 30.5 Å². The molecule has 0 spiro atoms. The fourth-order valence-electron chi connectivity index (χ4n) is 0.787. The van der Waals surface area contributed by atoms with Crippen molar-refractivity contribution in [3.8, 4) is 0 Å². The number of allylic oxidation sites excluding steroid dienone is 2. The summed E-state index contributed by atoms with van der Waals surface area (Å²) in [6.07, 6.45) is 7.31. The predicted octanol–water partition coefficient (Wildman–Crippen LogP) is 0.606. The lowest BCUT2D eigenvalue weighted by molar-refractivity contribution is -0.184. The second kappa shape index (κ2) is 2.86. The minimum Gasteiger partial charge on any atom is -0.338 e. The van der Waals surface area contributed by atoms with E-state index >= 15 is 0 Å². The number of dihydropyridines is 1. The van der Waals surface area contributed by atoms with Gasteiger partial charge in [0.2, 0.25) is 0 Å². The van der Waals surface area contributed by atoms with E-state index in [1.165, 1.54) is 0 Å². The second-order valence-corrected chi connectivity index (χ2v) is 1.94. The summed E-state index contributed by atoms with van der Waals surface area (Å²) < 4.78 is 10.1. The molecule has 0 aliphatic carbocycles. The van der Waals surface area contributed by atoms with Crippen LogP contribution >= 0.6 is 0 Å². The summed E-state index contributed by atoms with van der Waals surface area (Å²) in [4.78, 5) is 0. The quantitative estimate of drug-likeness (QED) is 0.571. The number of hydrogen-bond donors (Lipinski definition) is 1. The van der Waals surface area contributed by atoms with E-state index in [1.807, 2.05) is 12.2 Å². The molecule has 0 radical (unpaired) electrons. The molecule has 10 heavy (non-hydrogen) atoms.